The van der Waals surface area contributed by atoms with Gasteiger partial charge in [0.25, 0.3) is 0 Å². The number of aliphatic hydroxyl groups is 1. The summed E-state index contributed by atoms with van der Waals surface area (Å²) in [6.45, 7) is 11.0. The average molecular weight is 362 g/mol. The van der Waals surface area contributed by atoms with Crippen LogP contribution in [-0.4, -0.2) is 47.1 Å². The first-order valence-electron chi connectivity index (χ1n) is 8.94. The van der Waals surface area contributed by atoms with Crippen LogP contribution in [0, 0.1) is 5.92 Å². The van der Waals surface area contributed by atoms with E-state index in [1.165, 1.54) is 0 Å². The fourth-order valence-electron chi connectivity index (χ4n) is 3.70. The van der Waals surface area contributed by atoms with E-state index < -0.39 is 41.8 Å². The second-order valence-corrected chi connectivity index (χ2v) is 7.62. The van der Waals surface area contributed by atoms with E-state index in [1.807, 2.05) is 6.92 Å². The molecule has 6 nitrogen and oxygen atoms in total. The molecule has 0 radical (unpaired) electrons. The van der Waals surface area contributed by atoms with E-state index in [9.17, 15) is 14.7 Å². The highest BCUT2D eigenvalue weighted by Gasteiger charge is 2.57. The molecule has 0 bridgehead atoms. The van der Waals surface area contributed by atoms with Crippen molar-refractivity contribution < 1.29 is 28.9 Å². The molecule has 1 unspecified atom stereocenters. The zero-order valence-corrected chi connectivity index (χ0v) is 15.7. The summed E-state index contributed by atoms with van der Waals surface area (Å²) in [4.78, 5) is 24.5. The van der Waals surface area contributed by atoms with Gasteiger partial charge in [0.2, 0.25) is 0 Å². The number of carbonyl (C=O) groups is 2. The number of hydrogen-bond acceptors (Lipinski definition) is 6. The summed E-state index contributed by atoms with van der Waals surface area (Å²) >= 11 is 0. The fourth-order valence-corrected chi connectivity index (χ4v) is 3.70. The fraction of sp³-hybridized carbons (Fsp3) is 0.600. The van der Waals surface area contributed by atoms with Crippen molar-refractivity contribution in [2.45, 2.75) is 70.6 Å². The highest BCUT2D eigenvalue weighted by Crippen LogP contribution is 2.47. The molecule has 0 saturated carbocycles. The SMILES string of the molecule is C=C1C(=O)O[C@@H]2/C=C(\C)[C@@H](O)C[C@H]3O[C@@]3(C)C[C@@H](OC(=O)/C(C)=C/C)C12. The molecule has 3 aliphatic rings. The quantitative estimate of drug-likeness (QED) is 0.351. The molecule has 6 heteroatoms. The molecule has 26 heavy (non-hydrogen) atoms. The lowest BCUT2D eigenvalue weighted by Crippen LogP contribution is -2.37. The molecule has 2 aliphatic heterocycles. The molecule has 0 aromatic rings. The predicted molar refractivity (Wildman–Crippen MR) is 94.1 cm³/mol. The molecule has 142 valence electrons. The van der Waals surface area contributed by atoms with Crippen molar-refractivity contribution in [2.24, 2.45) is 5.92 Å². The summed E-state index contributed by atoms with van der Waals surface area (Å²) in [7, 11) is 0. The lowest BCUT2D eigenvalue weighted by Gasteiger charge is -2.29. The van der Waals surface area contributed by atoms with Gasteiger partial charge in [-0.25, -0.2) is 9.59 Å². The molecule has 3 rings (SSSR count). The molecule has 0 amide bonds. The highest BCUT2D eigenvalue weighted by molar-refractivity contribution is 5.92. The van der Waals surface area contributed by atoms with Crippen LogP contribution in [0.15, 0.2) is 35.5 Å². The maximum atomic E-state index is 12.4. The van der Waals surface area contributed by atoms with E-state index in [4.69, 9.17) is 14.2 Å². The molecule has 2 heterocycles. The van der Waals surface area contributed by atoms with Gasteiger partial charge in [-0.1, -0.05) is 12.7 Å². The third-order valence-electron chi connectivity index (χ3n) is 5.71. The van der Waals surface area contributed by atoms with Crippen LogP contribution < -0.4 is 0 Å². The van der Waals surface area contributed by atoms with Gasteiger partial charge >= 0.3 is 11.9 Å². The second-order valence-electron chi connectivity index (χ2n) is 7.62. The molecule has 0 spiro atoms. The van der Waals surface area contributed by atoms with Crippen molar-refractivity contribution >= 4 is 11.9 Å². The number of carbonyl (C=O) groups excluding carboxylic acids is 2. The molecule has 2 saturated heterocycles. The number of aliphatic hydroxyl groups excluding tert-OH is 1. The number of rotatable bonds is 2. The average Bonchev–Trinajstić information content (AvgIpc) is 3.11. The van der Waals surface area contributed by atoms with E-state index in [1.54, 1.807) is 32.9 Å². The molecule has 6 atom stereocenters. The molecular weight excluding hydrogens is 336 g/mol. The van der Waals surface area contributed by atoms with Gasteiger partial charge in [-0.3, -0.25) is 0 Å². The van der Waals surface area contributed by atoms with E-state index >= 15 is 0 Å². The summed E-state index contributed by atoms with van der Waals surface area (Å²) in [6, 6.07) is 0. The Labute approximate surface area is 153 Å². The van der Waals surface area contributed by atoms with Gasteiger partial charge in [0.15, 0.2) is 0 Å². The van der Waals surface area contributed by atoms with Gasteiger partial charge in [-0.2, -0.15) is 0 Å². The third kappa shape index (κ3) is 3.35. The van der Waals surface area contributed by atoms with Crippen LogP contribution >= 0.6 is 0 Å². The maximum Gasteiger partial charge on any atom is 0.334 e. The Morgan fingerprint density at radius 1 is 1.50 bits per heavy atom. The number of hydrogen-bond donors (Lipinski definition) is 1. The van der Waals surface area contributed by atoms with Crippen LogP contribution in [0.25, 0.3) is 0 Å². The van der Waals surface area contributed by atoms with Crippen molar-refractivity contribution in [1.82, 2.24) is 0 Å². The summed E-state index contributed by atoms with van der Waals surface area (Å²) in [5.41, 5.74) is 0.974. The van der Waals surface area contributed by atoms with E-state index in [0.717, 1.165) is 0 Å². The third-order valence-corrected chi connectivity index (χ3v) is 5.71. The smallest absolute Gasteiger partial charge is 0.334 e. The number of esters is 2. The molecule has 1 N–H and O–H groups in total. The normalized spacial score (nSPS) is 42.1. The minimum Gasteiger partial charge on any atom is -0.458 e. The van der Waals surface area contributed by atoms with E-state index in [0.29, 0.717) is 24.0 Å². The first kappa shape index (κ1) is 18.9. The minimum atomic E-state index is -0.667. The van der Waals surface area contributed by atoms with Gasteiger partial charge in [-0.15, -0.1) is 0 Å². The first-order valence-corrected chi connectivity index (χ1v) is 8.94. The zero-order chi connectivity index (χ0) is 19.2. The Balaban J connectivity index is 1.98. The second kappa shape index (κ2) is 6.67. The Kier molecular flexibility index (Phi) is 4.84. The monoisotopic (exact) mass is 362 g/mol. The summed E-state index contributed by atoms with van der Waals surface area (Å²) in [5, 5.41) is 10.4. The van der Waals surface area contributed by atoms with Crippen LogP contribution in [0.3, 0.4) is 0 Å². The number of epoxide rings is 1. The molecule has 0 aromatic carbocycles. The van der Waals surface area contributed by atoms with Gasteiger partial charge in [0.05, 0.1) is 23.7 Å². The number of allylic oxidation sites excluding steroid dienone is 1. The Morgan fingerprint density at radius 2 is 2.19 bits per heavy atom. The minimum absolute atomic E-state index is 0.118. The molecule has 1 aliphatic carbocycles. The van der Waals surface area contributed by atoms with E-state index in [2.05, 4.69) is 6.58 Å². The van der Waals surface area contributed by atoms with Gasteiger partial charge in [-0.05, 0) is 39.3 Å². The summed E-state index contributed by atoms with van der Waals surface area (Å²) in [5.74, 6) is -1.43. The Morgan fingerprint density at radius 3 is 2.85 bits per heavy atom. The van der Waals surface area contributed by atoms with E-state index in [-0.39, 0.29) is 11.7 Å². The van der Waals surface area contributed by atoms with Crippen molar-refractivity contribution in [1.29, 1.82) is 0 Å². The van der Waals surface area contributed by atoms with Crippen LogP contribution in [0.4, 0.5) is 0 Å². The predicted octanol–water partition coefficient (Wildman–Crippen LogP) is 2.22. The van der Waals surface area contributed by atoms with Crippen molar-refractivity contribution in [3.63, 3.8) is 0 Å². The standard InChI is InChI=1S/C20H26O6/c1-6-10(2)18(22)25-15-9-20(5)16(26-20)8-13(21)11(3)7-14-17(15)12(4)19(23)24-14/h6-7,13-17,21H,4,8-9H2,1-3,5H3/b10-6+,11-7+/t13-,14+,15+,16+,17?,20-/m0/s1. The number of fused-ring (bicyclic) bond motifs is 2. The molecular formula is C20H26O6. The van der Waals surface area contributed by atoms with Crippen LogP contribution in [0.1, 0.15) is 40.5 Å². The number of ether oxygens (including phenoxy) is 3. The van der Waals surface area contributed by atoms with Crippen molar-refractivity contribution in [2.75, 3.05) is 0 Å². The van der Waals surface area contributed by atoms with Gasteiger partial charge in [0, 0.05) is 24.0 Å². The molecule has 2 fully saturated rings. The van der Waals surface area contributed by atoms with Crippen molar-refractivity contribution in [3.8, 4) is 0 Å². The zero-order valence-electron chi connectivity index (χ0n) is 15.7. The van der Waals surface area contributed by atoms with Crippen molar-refractivity contribution in [3.05, 3.63) is 35.5 Å². The molecule has 0 aromatic heterocycles. The topological polar surface area (TPSA) is 85.4 Å². The first-order chi connectivity index (χ1) is 12.2. The maximum absolute atomic E-state index is 12.4. The lowest BCUT2D eigenvalue weighted by molar-refractivity contribution is -0.148. The lowest BCUT2D eigenvalue weighted by atomic mass is 9.82. The van der Waals surface area contributed by atoms with Crippen LogP contribution in [-0.2, 0) is 23.8 Å². The van der Waals surface area contributed by atoms with Gasteiger partial charge in [0.1, 0.15) is 12.2 Å². The Bertz CT molecular complexity index is 705. The van der Waals surface area contributed by atoms with Crippen LogP contribution in [0.5, 0.6) is 0 Å². The Hall–Kier alpha value is -1.92. The highest BCUT2D eigenvalue weighted by atomic mass is 16.6. The largest absolute Gasteiger partial charge is 0.458 e. The summed E-state index contributed by atoms with van der Waals surface area (Å²) in [6.07, 6.45) is 2.29. The summed E-state index contributed by atoms with van der Waals surface area (Å²) < 4.78 is 17.0. The van der Waals surface area contributed by atoms with Gasteiger partial charge < -0.3 is 19.3 Å². The van der Waals surface area contributed by atoms with Crippen LogP contribution in [0.2, 0.25) is 0 Å².